The van der Waals surface area contributed by atoms with Crippen molar-refractivity contribution in [2.45, 2.75) is 0 Å². The molecule has 0 saturated carbocycles. The van der Waals surface area contributed by atoms with Gasteiger partial charge in [0.15, 0.2) is 10.4 Å². The zero-order chi connectivity index (χ0) is 21.3. The van der Waals surface area contributed by atoms with E-state index in [0.29, 0.717) is 16.1 Å². The van der Waals surface area contributed by atoms with Gasteiger partial charge < -0.3 is 19.8 Å². The molecule has 0 aliphatic heterocycles. The number of nitrogens with one attached hydrogen (secondary N) is 2. The molecular formula is C23H19BrN2O4. The minimum Gasteiger partial charge on any atom is -0.497 e. The highest BCUT2D eigenvalue weighted by Gasteiger charge is 2.16. The number of carbonyl (C=O) groups excluding carboxylic acids is 2. The van der Waals surface area contributed by atoms with Crippen molar-refractivity contribution < 1.29 is 18.7 Å². The smallest absolute Gasteiger partial charge is 0.291 e. The molecule has 0 spiro atoms. The van der Waals surface area contributed by atoms with Crippen LogP contribution in [0.3, 0.4) is 0 Å². The minimum atomic E-state index is -0.537. The van der Waals surface area contributed by atoms with Crippen molar-refractivity contribution >= 4 is 39.5 Å². The van der Waals surface area contributed by atoms with Crippen molar-refractivity contribution in [1.82, 2.24) is 5.32 Å². The Kier molecular flexibility index (Phi) is 7.24. The fraction of sp³-hybridized carbons (Fsp3) is 0.0435. The Morgan fingerprint density at radius 3 is 2.37 bits per heavy atom. The number of allylic oxidation sites excluding steroid dienone is 2. The molecule has 30 heavy (non-hydrogen) atoms. The molecule has 0 saturated heterocycles. The largest absolute Gasteiger partial charge is 0.497 e. The van der Waals surface area contributed by atoms with Gasteiger partial charge in [0.2, 0.25) is 0 Å². The van der Waals surface area contributed by atoms with E-state index in [1.54, 1.807) is 43.5 Å². The van der Waals surface area contributed by atoms with Gasteiger partial charge in [-0.05, 0) is 64.0 Å². The second-order valence-corrected chi connectivity index (χ2v) is 6.87. The first-order valence-electron chi connectivity index (χ1n) is 9.00. The zero-order valence-corrected chi connectivity index (χ0v) is 17.7. The van der Waals surface area contributed by atoms with E-state index in [1.165, 1.54) is 12.1 Å². The monoisotopic (exact) mass is 466 g/mol. The van der Waals surface area contributed by atoms with Gasteiger partial charge >= 0.3 is 0 Å². The summed E-state index contributed by atoms with van der Waals surface area (Å²) in [5.74, 6) is -0.259. The van der Waals surface area contributed by atoms with Crippen molar-refractivity contribution in [3.63, 3.8) is 0 Å². The third-order valence-electron chi connectivity index (χ3n) is 3.99. The van der Waals surface area contributed by atoms with Gasteiger partial charge in [-0.1, -0.05) is 42.5 Å². The van der Waals surface area contributed by atoms with E-state index in [1.807, 2.05) is 36.4 Å². The molecule has 2 aromatic carbocycles. The van der Waals surface area contributed by atoms with Crippen LogP contribution in [0.5, 0.6) is 5.75 Å². The summed E-state index contributed by atoms with van der Waals surface area (Å²) >= 11 is 3.16. The molecule has 0 aliphatic rings. The Labute approximate surface area is 182 Å². The number of benzene rings is 2. The van der Waals surface area contributed by atoms with Gasteiger partial charge in [0, 0.05) is 5.69 Å². The average molecular weight is 467 g/mol. The van der Waals surface area contributed by atoms with E-state index in [9.17, 15) is 9.59 Å². The van der Waals surface area contributed by atoms with Crippen LogP contribution in [-0.2, 0) is 4.79 Å². The second-order valence-electron chi connectivity index (χ2n) is 6.09. The SMILES string of the molecule is COc1ccc(NC(=O)C(=CC=Cc2ccccc2)NC(=O)c2ccc(Br)o2)cc1. The normalized spacial score (nSPS) is 11.3. The van der Waals surface area contributed by atoms with Crippen molar-refractivity contribution in [3.8, 4) is 5.75 Å². The van der Waals surface area contributed by atoms with Gasteiger partial charge in [-0.25, -0.2) is 0 Å². The molecule has 0 atom stereocenters. The standard InChI is InChI=1S/C23H19BrN2O4/c1-29-18-12-10-17(11-13-18)25-22(27)19(9-5-8-16-6-3-2-4-7-16)26-23(28)20-14-15-21(24)30-20/h2-15H,1H3,(H,25,27)(H,26,28). The van der Waals surface area contributed by atoms with Crippen LogP contribution >= 0.6 is 15.9 Å². The molecule has 0 fully saturated rings. The van der Waals surface area contributed by atoms with Gasteiger partial charge in [0.05, 0.1) is 7.11 Å². The summed E-state index contributed by atoms with van der Waals surface area (Å²) in [5.41, 5.74) is 1.59. The van der Waals surface area contributed by atoms with Gasteiger partial charge in [0.25, 0.3) is 11.8 Å². The first-order valence-corrected chi connectivity index (χ1v) is 9.80. The van der Waals surface area contributed by atoms with Gasteiger partial charge in [-0.3, -0.25) is 9.59 Å². The van der Waals surface area contributed by atoms with E-state index < -0.39 is 11.8 Å². The summed E-state index contributed by atoms with van der Waals surface area (Å²) in [6.07, 6.45) is 5.05. The van der Waals surface area contributed by atoms with Crippen LogP contribution in [0.15, 0.2) is 93.7 Å². The number of amides is 2. The van der Waals surface area contributed by atoms with E-state index in [4.69, 9.17) is 9.15 Å². The molecule has 3 aromatic rings. The molecule has 2 N–H and O–H groups in total. The molecule has 0 unspecified atom stereocenters. The predicted molar refractivity (Wildman–Crippen MR) is 119 cm³/mol. The summed E-state index contributed by atoms with van der Waals surface area (Å²) in [6.45, 7) is 0. The van der Waals surface area contributed by atoms with E-state index >= 15 is 0 Å². The Bertz CT molecular complexity index is 1070. The fourth-order valence-corrected chi connectivity index (χ4v) is 2.79. The molecule has 1 heterocycles. The van der Waals surface area contributed by atoms with E-state index in [0.717, 1.165) is 5.56 Å². The van der Waals surface area contributed by atoms with Crippen LogP contribution < -0.4 is 15.4 Å². The maximum absolute atomic E-state index is 12.8. The third kappa shape index (κ3) is 5.96. The molecule has 2 amide bonds. The summed E-state index contributed by atoms with van der Waals surface area (Å²) in [4.78, 5) is 25.2. The molecule has 0 aliphatic carbocycles. The first kappa shape index (κ1) is 21.1. The second kappa shape index (κ2) is 10.3. The van der Waals surface area contributed by atoms with Gasteiger partial charge in [-0.2, -0.15) is 0 Å². The van der Waals surface area contributed by atoms with Crippen LogP contribution in [0.4, 0.5) is 5.69 Å². The highest BCUT2D eigenvalue weighted by Crippen LogP contribution is 2.17. The lowest BCUT2D eigenvalue weighted by Crippen LogP contribution is -2.30. The summed E-state index contributed by atoms with van der Waals surface area (Å²) in [7, 11) is 1.57. The van der Waals surface area contributed by atoms with Crippen LogP contribution in [-0.4, -0.2) is 18.9 Å². The quantitative estimate of drug-likeness (QED) is 0.378. The number of hydrogen-bond acceptors (Lipinski definition) is 4. The fourth-order valence-electron chi connectivity index (χ4n) is 2.49. The third-order valence-corrected chi connectivity index (χ3v) is 4.42. The number of halogens is 1. The topological polar surface area (TPSA) is 80.6 Å². The average Bonchev–Trinajstić information content (AvgIpc) is 3.20. The van der Waals surface area contributed by atoms with Crippen molar-refractivity contribution in [2.24, 2.45) is 0 Å². The molecule has 0 bridgehead atoms. The molecule has 0 radical (unpaired) electrons. The van der Waals surface area contributed by atoms with Crippen molar-refractivity contribution in [2.75, 3.05) is 12.4 Å². The van der Waals surface area contributed by atoms with Crippen LogP contribution in [0, 0.1) is 0 Å². The van der Waals surface area contributed by atoms with Crippen LogP contribution in [0.2, 0.25) is 0 Å². The van der Waals surface area contributed by atoms with Crippen LogP contribution in [0.1, 0.15) is 16.1 Å². The molecular weight excluding hydrogens is 448 g/mol. The molecule has 7 heteroatoms. The molecule has 1 aromatic heterocycles. The highest BCUT2D eigenvalue weighted by atomic mass is 79.9. The van der Waals surface area contributed by atoms with Crippen molar-refractivity contribution in [3.05, 3.63) is 101 Å². The number of carbonyl (C=O) groups is 2. The molecule has 6 nitrogen and oxygen atoms in total. The lowest BCUT2D eigenvalue weighted by atomic mass is 10.2. The van der Waals surface area contributed by atoms with E-state index in [2.05, 4.69) is 26.6 Å². The first-order chi connectivity index (χ1) is 14.5. The lowest BCUT2D eigenvalue weighted by molar-refractivity contribution is -0.113. The summed E-state index contributed by atoms with van der Waals surface area (Å²) in [6, 6.07) is 19.6. The maximum Gasteiger partial charge on any atom is 0.291 e. The summed E-state index contributed by atoms with van der Waals surface area (Å²) < 4.78 is 10.8. The molecule has 3 rings (SSSR count). The minimum absolute atomic E-state index is 0.0653. The van der Waals surface area contributed by atoms with Crippen LogP contribution in [0.25, 0.3) is 6.08 Å². The molecule has 152 valence electrons. The number of methoxy groups -OCH3 is 1. The highest BCUT2D eigenvalue weighted by molar-refractivity contribution is 9.10. The Balaban J connectivity index is 1.79. The lowest BCUT2D eigenvalue weighted by Gasteiger charge is -2.10. The van der Waals surface area contributed by atoms with E-state index in [-0.39, 0.29) is 11.5 Å². The maximum atomic E-state index is 12.8. The number of rotatable bonds is 7. The number of anilines is 1. The number of hydrogen-bond donors (Lipinski definition) is 2. The predicted octanol–water partition coefficient (Wildman–Crippen LogP) is 5.02. The Morgan fingerprint density at radius 1 is 1.00 bits per heavy atom. The van der Waals surface area contributed by atoms with Gasteiger partial charge in [0.1, 0.15) is 11.4 Å². The Morgan fingerprint density at radius 2 is 1.73 bits per heavy atom. The van der Waals surface area contributed by atoms with Crippen molar-refractivity contribution in [1.29, 1.82) is 0 Å². The summed E-state index contributed by atoms with van der Waals surface area (Å²) in [5, 5.41) is 5.35. The number of ether oxygens (including phenoxy) is 1. The number of furan rings is 1. The zero-order valence-electron chi connectivity index (χ0n) is 16.1. The Hall–Kier alpha value is -3.58. The van der Waals surface area contributed by atoms with Gasteiger partial charge in [-0.15, -0.1) is 0 Å².